The smallest absolute Gasteiger partial charge is 0.186 e. The summed E-state index contributed by atoms with van der Waals surface area (Å²) in [6.07, 6.45) is 8.21. The van der Waals surface area contributed by atoms with E-state index in [9.17, 15) is 15.3 Å². The van der Waals surface area contributed by atoms with Crippen molar-refractivity contribution < 1.29 is 24.8 Å². The summed E-state index contributed by atoms with van der Waals surface area (Å²) in [5.74, 6) is 0. The lowest BCUT2D eigenvalue weighted by Gasteiger charge is -2.42. The number of nitrogens with one attached hydrogen (secondary N) is 1. The van der Waals surface area contributed by atoms with Gasteiger partial charge in [-0.1, -0.05) is 65.2 Å². The van der Waals surface area contributed by atoms with Crippen LogP contribution in [0.2, 0.25) is 0 Å². The fraction of sp³-hybridized carbons (Fsp3) is 1.00. The molecule has 1 aliphatic rings. The van der Waals surface area contributed by atoms with Crippen LogP contribution in [-0.4, -0.2) is 65.7 Å². The molecule has 4 N–H and O–H groups in total. The predicted octanol–water partition coefficient (Wildman–Crippen LogP) is 2.34. The number of aliphatic hydroxyl groups excluding tert-OH is 3. The van der Waals surface area contributed by atoms with Crippen molar-refractivity contribution in [3.05, 3.63) is 0 Å². The van der Waals surface area contributed by atoms with Gasteiger partial charge in [-0.25, -0.2) is 0 Å². The minimum absolute atomic E-state index is 0.216. The van der Waals surface area contributed by atoms with Crippen molar-refractivity contribution in [2.24, 2.45) is 0 Å². The number of ether oxygens (including phenoxy) is 2. The zero-order valence-corrected chi connectivity index (χ0v) is 16.7. The van der Waals surface area contributed by atoms with Crippen LogP contribution in [0.4, 0.5) is 0 Å². The average Bonchev–Trinajstić information content (AvgIpc) is 2.65. The molecule has 0 amide bonds. The number of hydrogen-bond donors (Lipinski definition) is 4. The highest BCUT2D eigenvalue weighted by Gasteiger charge is 2.44. The van der Waals surface area contributed by atoms with Crippen molar-refractivity contribution in [3.63, 3.8) is 0 Å². The van der Waals surface area contributed by atoms with Crippen LogP contribution in [0.5, 0.6) is 0 Å². The Kier molecular flexibility index (Phi) is 13.5. The molecule has 0 spiro atoms. The molecule has 0 aromatic carbocycles. The Morgan fingerprint density at radius 2 is 1.46 bits per heavy atom. The molecule has 0 unspecified atom stereocenters. The molecule has 1 heterocycles. The molecule has 156 valence electrons. The minimum atomic E-state index is -1.11. The van der Waals surface area contributed by atoms with E-state index in [-0.39, 0.29) is 6.61 Å². The largest absolute Gasteiger partial charge is 0.394 e. The Morgan fingerprint density at radius 3 is 2.08 bits per heavy atom. The van der Waals surface area contributed by atoms with Gasteiger partial charge in [-0.3, -0.25) is 0 Å². The summed E-state index contributed by atoms with van der Waals surface area (Å²) in [6, 6.07) is -0.481. The first-order chi connectivity index (χ1) is 12.7. The number of hydrogen-bond acceptors (Lipinski definition) is 6. The Bertz CT molecular complexity index is 329. The highest BCUT2D eigenvalue weighted by Crippen LogP contribution is 2.22. The fourth-order valence-electron chi connectivity index (χ4n) is 3.35. The van der Waals surface area contributed by atoms with Crippen LogP contribution in [0, 0.1) is 0 Å². The molecular formula is C20H41NO5. The third-order valence-corrected chi connectivity index (χ3v) is 5.08. The second kappa shape index (κ2) is 14.8. The van der Waals surface area contributed by atoms with E-state index in [1.807, 2.05) is 0 Å². The van der Waals surface area contributed by atoms with Crippen molar-refractivity contribution in [2.45, 2.75) is 109 Å². The third kappa shape index (κ3) is 8.63. The highest BCUT2D eigenvalue weighted by molar-refractivity contribution is 4.93. The van der Waals surface area contributed by atoms with Gasteiger partial charge in [-0.2, -0.15) is 0 Å². The monoisotopic (exact) mass is 375 g/mol. The average molecular weight is 376 g/mol. The van der Waals surface area contributed by atoms with E-state index in [0.29, 0.717) is 6.61 Å². The molecule has 6 nitrogen and oxygen atoms in total. The molecule has 0 aliphatic carbocycles. The lowest BCUT2D eigenvalue weighted by Crippen LogP contribution is -2.64. The van der Waals surface area contributed by atoms with E-state index < -0.39 is 30.6 Å². The van der Waals surface area contributed by atoms with E-state index >= 15 is 0 Å². The molecule has 1 saturated heterocycles. The minimum Gasteiger partial charge on any atom is -0.394 e. The fourth-order valence-corrected chi connectivity index (χ4v) is 3.35. The van der Waals surface area contributed by atoms with E-state index in [1.165, 1.54) is 38.5 Å². The molecule has 0 aromatic rings. The molecule has 26 heavy (non-hydrogen) atoms. The Labute approximate surface area is 159 Å². The molecule has 0 aromatic heterocycles. The molecule has 0 saturated carbocycles. The lowest BCUT2D eigenvalue weighted by atomic mass is 9.96. The summed E-state index contributed by atoms with van der Waals surface area (Å²) in [7, 11) is 0. The lowest BCUT2D eigenvalue weighted by molar-refractivity contribution is -0.280. The van der Waals surface area contributed by atoms with Crippen LogP contribution in [0.1, 0.15) is 78.1 Å². The highest BCUT2D eigenvalue weighted by atomic mass is 16.7. The van der Waals surface area contributed by atoms with E-state index in [2.05, 4.69) is 19.2 Å². The molecular weight excluding hydrogens is 334 g/mol. The van der Waals surface area contributed by atoms with Crippen molar-refractivity contribution in [2.75, 3.05) is 19.8 Å². The van der Waals surface area contributed by atoms with Crippen LogP contribution >= 0.6 is 0 Å². The quantitative estimate of drug-likeness (QED) is 0.329. The second-order valence-electron chi connectivity index (χ2n) is 7.39. The Morgan fingerprint density at radius 1 is 0.846 bits per heavy atom. The standard InChI is InChI=1S/C20H41NO5/c1-3-5-7-8-9-10-11-12-13-21-17-16(15-22)26-20(19(24)18(17)23)25-14-6-4-2/h16-24H,3-15H2,1-2H3/t16-,17-,18+,19-,20+/m1/s1. The van der Waals surface area contributed by atoms with Crippen molar-refractivity contribution in [1.82, 2.24) is 5.32 Å². The molecule has 6 heteroatoms. The molecule has 5 atom stereocenters. The summed E-state index contributed by atoms with van der Waals surface area (Å²) in [4.78, 5) is 0. The van der Waals surface area contributed by atoms with Crippen molar-refractivity contribution in [3.8, 4) is 0 Å². The van der Waals surface area contributed by atoms with Gasteiger partial charge in [0.2, 0.25) is 0 Å². The summed E-state index contributed by atoms with van der Waals surface area (Å²) in [5.41, 5.74) is 0. The van der Waals surface area contributed by atoms with Gasteiger partial charge in [-0.15, -0.1) is 0 Å². The predicted molar refractivity (Wildman–Crippen MR) is 103 cm³/mol. The maximum atomic E-state index is 10.4. The van der Waals surface area contributed by atoms with E-state index in [0.717, 1.165) is 32.2 Å². The second-order valence-corrected chi connectivity index (χ2v) is 7.39. The number of rotatable bonds is 15. The first kappa shape index (κ1) is 23.8. The molecule has 1 fully saturated rings. The number of unbranched alkanes of at least 4 members (excludes halogenated alkanes) is 8. The van der Waals surface area contributed by atoms with Gasteiger partial charge in [-0.05, 0) is 19.4 Å². The van der Waals surface area contributed by atoms with Crippen LogP contribution in [0.25, 0.3) is 0 Å². The van der Waals surface area contributed by atoms with E-state index in [1.54, 1.807) is 0 Å². The maximum absolute atomic E-state index is 10.4. The summed E-state index contributed by atoms with van der Waals surface area (Å²) >= 11 is 0. The van der Waals surface area contributed by atoms with Gasteiger partial charge in [0, 0.05) is 6.61 Å². The zero-order valence-electron chi connectivity index (χ0n) is 16.7. The first-order valence-electron chi connectivity index (χ1n) is 10.6. The molecule has 1 rings (SSSR count). The van der Waals surface area contributed by atoms with Gasteiger partial charge < -0.3 is 30.1 Å². The first-order valence-corrected chi connectivity index (χ1v) is 10.6. The van der Waals surface area contributed by atoms with Gasteiger partial charge >= 0.3 is 0 Å². The normalized spacial score (nSPS) is 29.2. The Hall–Kier alpha value is -0.240. The third-order valence-electron chi connectivity index (χ3n) is 5.08. The van der Waals surface area contributed by atoms with Crippen LogP contribution in [0.3, 0.4) is 0 Å². The van der Waals surface area contributed by atoms with Gasteiger partial charge in [0.25, 0.3) is 0 Å². The van der Waals surface area contributed by atoms with E-state index in [4.69, 9.17) is 9.47 Å². The topological polar surface area (TPSA) is 91.2 Å². The van der Waals surface area contributed by atoms with Gasteiger partial charge in [0.15, 0.2) is 6.29 Å². The van der Waals surface area contributed by atoms with Crippen molar-refractivity contribution >= 4 is 0 Å². The van der Waals surface area contributed by atoms with Crippen molar-refractivity contribution in [1.29, 1.82) is 0 Å². The van der Waals surface area contributed by atoms with Crippen LogP contribution in [-0.2, 0) is 9.47 Å². The van der Waals surface area contributed by atoms with Crippen LogP contribution in [0.15, 0.2) is 0 Å². The van der Waals surface area contributed by atoms with Crippen LogP contribution < -0.4 is 5.32 Å². The summed E-state index contributed by atoms with van der Waals surface area (Å²) in [6.45, 7) is 5.28. The summed E-state index contributed by atoms with van der Waals surface area (Å²) in [5, 5.41) is 33.5. The Balaban J connectivity index is 2.26. The van der Waals surface area contributed by atoms with Gasteiger partial charge in [0.1, 0.15) is 18.3 Å². The number of aliphatic hydroxyl groups is 3. The zero-order chi connectivity index (χ0) is 19.2. The SMILES string of the molecule is CCCCCCCCCCN[C@H]1[C@H](O)[C@@H](O)[C@@H](OCCCC)O[C@@H]1CO. The van der Waals surface area contributed by atoms with Gasteiger partial charge in [0.05, 0.1) is 12.6 Å². The molecule has 1 aliphatic heterocycles. The molecule has 0 bridgehead atoms. The maximum Gasteiger partial charge on any atom is 0.186 e. The molecule has 0 radical (unpaired) electrons. The summed E-state index contributed by atoms with van der Waals surface area (Å²) < 4.78 is 11.2.